The minimum Gasteiger partial charge on any atom is -0.433 e. The van der Waals surface area contributed by atoms with Gasteiger partial charge >= 0.3 is 6.16 Å². The lowest BCUT2D eigenvalue weighted by Crippen LogP contribution is -2.63. The van der Waals surface area contributed by atoms with E-state index in [1.807, 2.05) is 82.3 Å². The van der Waals surface area contributed by atoms with E-state index in [-0.39, 0.29) is 97.5 Å². The van der Waals surface area contributed by atoms with E-state index >= 15 is 0 Å². The molecule has 80 heavy (non-hydrogen) atoms. The third kappa shape index (κ3) is 12.8. The first-order valence-corrected chi connectivity index (χ1v) is 30.4. The van der Waals surface area contributed by atoms with Crippen LogP contribution in [0.25, 0.3) is 11.1 Å². The van der Waals surface area contributed by atoms with Crippen LogP contribution >= 0.6 is 0 Å². The van der Waals surface area contributed by atoms with E-state index in [4.69, 9.17) is 56.8 Å². The van der Waals surface area contributed by atoms with E-state index in [0.717, 1.165) is 34.2 Å². The summed E-state index contributed by atoms with van der Waals surface area (Å²) in [7, 11) is 0. The molecule has 15 heteroatoms. The monoisotopic (exact) mass is 1110 g/mol. The molecule has 0 amide bonds. The average molecular weight is 1120 g/mol. The highest BCUT2D eigenvalue weighted by atomic mass is 16.8. The van der Waals surface area contributed by atoms with Gasteiger partial charge in [-0.3, -0.25) is 0 Å². The highest BCUT2D eigenvalue weighted by Gasteiger charge is 2.55. The summed E-state index contributed by atoms with van der Waals surface area (Å²) in [4.78, 5) is 14.2. The number of hydrogen-bond acceptors (Lipinski definition) is 15. The summed E-state index contributed by atoms with van der Waals surface area (Å²) in [6.07, 6.45) is -8.24. The Labute approximate surface area is 476 Å². The second-order valence-corrected chi connectivity index (χ2v) is 24.4. The zero-order valence-electron chi connectivity index (χ0n) is 49.7. The zero-order chi connectivity index (χ0) is 57.1. The number of benzene rings is 3. The van der Waals surface area contributed by atoms with Crippen molar-refractivity contribution in [3.63, 3.8) is 0 Å². The first-order valence-electron chi connectivity index (χ1n) is 30.4. The van der Waals surface area contributed by atoms with Gasteiger partial charge in [-0.25, -0.2) is 4.79 Å². The Morgan fingerprint density at radius 1 is 0.438 bits per heavy atom. The molecule has 6 aliphatic rings. The van der Waals surface area contributed by atoms with Gasteiger partial charge in [0, 0.05) is 29.6 Å². The standard InChI is InChI=1S/C65H94O15/c1-14-49-34(5)36(7)54(66)62(73-49)70-33-53-42(13)57(79-63-58(37(8)35(6)50(15-2)74-63)80-65(68)71-32-48-46-29-23-21-27-44(46)45-28-22-24-30-47(45)48)59(69-31-43-25-19-18-20-26-43)64(76-53)78-56-39(10)41(12)61(75-52(56)17-4)77-55-38(9)40(11)60(67)72-51(55)16-3/h18-30,34-42,48-64,66-67H,14-17,31-33H2,1-13H3/t34-,35+,36-,37?,38+,39+,40?,41?,42+,49?,50?,51?,52?,53?,54?,55-,56-,57-,58-,59?,60+,61-,62-,63-,64-/m0/s1. The zero-order valence-corrected chi connectivity index (χ0v) is 49.7. The third-order valence-corrected chi connectivity index (χ3v) is 19.7. The molecule has 0 aromatic heterocycles. The SMILES string of the molecule is CCC1O[C@@H](O[C@@H]2C(OCc3ccccc3)[C@H](O[C@@H]3C(CC)O[C@@H](O[C@@H]4C(CC)O[C@@H](O)C(C)[C@H]4C)C(C)[C@H]3C)OC(CO[C@H]3OC(CC)[C@@H](C)[C@H](C)C3O)[C@H]2C)[C@@H](OC(=O)OCC2c3ccccc3-c3ccccc32)C(C)[C@H]1C. The molecular weight excluding hydrogens is 1020 g/mol. The van der Waals surface area contributed by atoms with Gasteiger partial charge in [-0.1, -0.05) is 169 Å². The molecule has 5 aliphatic heterocycles. The summed E-state index contributed by atoms with van der Waals surface area (Å²) in [5, 5.41) is 22.3. The Morgan fingerprint density at radius 2 is 0.925 bits per heavy atom. The Morgan fingerprint density at radius 3 is 1.55 bits per heavy atom. The molecule has 444 valence electrons. The molecule has 1 aliphatic carbocycles. The third-order valence-electron chi connectivity index (χ3n) is 19.7. The predicted octanol–water partition coefficient (Wildman–Crippen LogP) is 11.4. The van der Waals surface area contributed by atoms with Crippen LogP contribution < -0.4 is 0 Å². The van der Waals surface area contributed by atoms with E-state index in [1.54, 1.807) is 0 Å². The highest BCUT2D eigenvalue weighted by molar-refractivity contribution is 5.79. The van der Waals surface area contributed by atoms with Gasteiger partial charge < -0.3 is 67.1 Å². The molecule has 3 aromatic rings. The van der Waals surface area contributed by atoms with Crippen molar-refractivity contribution in [2.45, 2.75) is 227 Å². The lowest BCUT2D eigenvalue weighted by molar-refractivity contribution is -0.377. The van der Waals surface area contributed by atoms with Gasteiger partial charge in [0.15, 0.2) is 37.6 Å². The normalized spacial score (nSPS) is 41.2. The molecule has 5 heterocycles. The number of carbonyl (C=O) groups is 1. The van der Waals surface area contributed by atoms with Crippen molar-refractivity contribution < 1.29 is 71.8 Å². The van der Waals surface area contributed by atoms with Crippen LogP contribution in [0, 0.1) is 53.3 Å². The minimum absolute atomic E-state index is 0.00458. The molecule has 10 unspecified atom stereocenters. The molecule has 0 bridgehead atoms. The summed E-state index contributed by atoms with van der Waals surface area (Å²) in [6.45, 7) is 27.5. The number of aliphatic hydroxyl groups is 2. The van der Waals surface area contributed by atoms with Gasteiger partial charge in [0.2, 0.25) is 0 Å². The Bertz CT molecular complexity index is 2370. The molecule has 0 saturated carbocycles. The van der Waals surface area contributed by atoms with Crippen LogP contribution in [0.4, 0.5) is 4.79 Å². The van der Waals surface area contributed by atoms with E-state index in [9.17, 15) is 15.0 Å². The molecular formula is C65H94O15. The maximum absolute atomic E-state index is 14.2. The van der Waals surface area contributed by atoms with Crippen LogP contribution in [0.2, 0.25) is 0 Å². The van der Waals surface area contributed by atoms with Crippen LogP contribution in [-0.2, 0) is 63.4 Å². The van der Waals surface area contributed by atoms with E-state index in [2.05, 4.69) is 86.6 Å². The topological polar surface area (TPSA) is 168 Å². The molecule has 15 nitrogen and oxygen atoms in total. The van der Waals surface area contributed by atoms with Crippen LogP contribution in [0.15, 0.2) is 78.9 Å². The summed E-state index contributed by atoms with van der Waals surface area (Å²) < 4.78 is 81.5. The molecule has 5 saturated heterocycles. The summed E-state index contributed by atoms with van der Waals surface area (Å²) in [6, 6.07) is 26.5. The van der Waals surface area contributed by atoms with E-state index in [1.165, 1.54) is 0 Å². The summed E-state index contributed by atoms with van der Waals surface area (Å²) in [5.74, 6) is -1.04. The number of carbonyl (C=O) groups excluding carboxylic acids is 1. The van der Waals surface area contributed by atoms with Crippen LogP contribution in [0.3, 0.4) is 0 Å². The quantitative estimate of drug-likeness (QED) is 0.109. The van der Waals surface area contributed by atoms with Gasteiger partial charge in [0.1, 0.15) is 18.8 Å². The Kier molecular flexibility index (Phi) is 20.6. The van der Waals surface area contributed by atoms with Crippen LogP contribution in [0.1, 0.15) is 138 Å². The fraction of sp³-hybridized carbons (Fsp3) is 0.708. The van der Waals surface area contributed by atoms with Crippen molar-refractivity contribution in [2.75, 3.05) is 13.2 Å². The average Bonchev–Trinajstić information content (AvgIpc) is 3.91. The Hall–Kier alpha value is -3.55. The van der Waals surface area contributed by atoms with Crippen molar-refractivity contribution >= 4 is 6.16 Å². The first-order chi connectivity index (χ1) is 38.5. The fourth-order valence-corrected chi connectivity index (χ4v) is 13.5. The van der Waals surface area contributed by atoms with E-state index in [0.29, 0.717) is 19.3 Å². The smallest absolute Gasteiger partial charge is 0.433 e. The van der Waals surface area contributed by atoms with Gasteiger partial charge in [-0.05, 0) is 83.1 Å². The maximum Gasteiger partial charge on any atom is 0.508 e. The van der Waals surface area contributed by atoms with Crippen molar-refractivity contribution in [1.29, 1.82) is 0 Å². The Balaban J connectivity index is 1.02. The fourth-order valence-electron chi connectivity index (χ4n) is 13.5. The predicted molar refractivity (Wildman–Crippen MR) is 301 cm³/mol. The van der Waals surface area contributed by atoms with Crippen LogP contribution in [-0.4, -0.2) is 128 Å². The lowest BCUT2D eigenvalue weighted by atomic mass is 9.81. The number of aliphatic hydroxyl groups excluding tert-OH is 2. The van der Waals surface area contributed by atoms with E-state index < -0.39 is 86.3 Å². The van der Waals surface area contributed by atoms with Crippen molar-refractivity contribution in [2.24, 2.45) is 53.3 Å². The molecule has 5 fully saturated rings. The van der Waals surface area contributed by atoms with Crippen molar-refractivity contribution in [1.82, 2.24) is 0 Å². The number of hydrogen-bond donors (Lipinski definition) is 2. The second-order valence-electron chi connectivity index (χ2n) is 24.4. The first kappa shape index (κ1) is 61.0. The maximum atomic E-state index is 14.2. The minimum atomic E-state index is -1.04. The molecule has 0 radical (unpaired) electrons. The van der Waals surface area contributed by atoms with Gasteiger partial charge in [-0.15, -0.1) is 0 Å². The lowest BCUT2D eigenvalue weighted by Gasteiger charge is -2.52. The van der Waals surface area contributed by atoms with Crippen molar-refractivity contribution in [3.05, 3.63) is 95.6 Å². The molecule has 2 N–H and O–H groups in total. The van der Waals surface area contributed by atoms with Crippen molar-refractivity contribution in [3.8, 4) is 11.1 Å². The highest BCUT2D eigenvalue weighted by Crippen LogP contribution is 2.47. The summed E-state index contributed by atoms with van der Waals surface area (Å²) >= 11 is 0. The largest absolute Gasteiger partial charge is 0.508 e. The van der Waals surface area contributed by atoms with Crippen LogP contribution in [0.5, 0.6) is 0 Å². The molecule has 0 spiro atoms. The molecule has 9 rings (SSSR count). The molecule has 3 aromatic carbocycles. The number of rotatable bonds is 19. The molecule has 25 atom stereocenters. The number of fused-ring (bicyclic) bond motifs is 3. The van der Waals surface area contributed by atoms with Gasteiger partial charge in [-0.2, -0.15) is 0 Å². The van der Waals surface area contributed by atoms with Gasteiger partial charge in [0.25, 0.3) is 0 Å². The van der Waals surface area contributed by atoms with Gasteiger partial charge in [0.05, 0.1) is 62.0 Å². The second kappa shape index (κ2) is 27.0. The summed E-state index contributed by atoms with van der Waals surface area (Å²) in [5.41, 5.74) is 5.42. The number of ether oxygens (including phenoxy) is 12.